The molecule has 1 aromatic carbocycles. The molecule has 1 aromatic rings. The molecule has 2 N–H and O–H groups in total. The van der Waals surface area contributed by atoms with Gasteiger partial charge < -0.3 is 15.4 Å². The number of hydrogen-bond donors (Lipinski definition) is 2. The third kappa shape index (κ3) is 4.38. The summed E-state index contributed by atoms with van der Waals surface area (Å²) in [4.78, 5) is 34.6. The number of likely N-dealkylation sites (N-methyl/N-ethyl adjacent to an activating group) is 1. The lowest BCUT2D eigenvalue weighted by molar-refractivity contribution is -0.135. The highest BCUT2D eigenvalue weighted by atomic mass is 16.5. The molecule has 0 saturated carbocycles. The van der Waals surface area contributed by atoms with Crippen LogP contribution in [-0.2, 0) is 14.3 Å². The number of ether oxygens (including phenoxy) is 1. The zero-order valence-electron chi connectivity index (χ0n) is 11.6. The molecule has 0 spiro atoms. The van der Waals surface area contributed by atoms with Gasteiger partial charge in [-0.05, 0) is 18.6 Å². The first kappa shape index (κ1) is 15.7. The number of para-hydroxylation sites is 1. The summed E-state index contributed by atoms with van der Waals surface area (Å²) in [7, 11) is 1.35. The Balaban J connectivity index is 2.80. The van der Waals surface area contributed by atoms with Gasteiger partial charge in [0.25, 0.3) is 0 Å². The van der Waals surface area contributed by atoms with Crippen molar-refractivity contribution >= 4 is 23.5 Å². The van der Waals surface area contributed by atoms with Gasteiger partial charge in [0.2, 0.25) is 0 Å². The van der Waals surface area contributed by atoms with Crippen molar-refractivity contribution < 1.29 is 19.1 Å². The Morgan fingerprint density at radius 3 is 2.50 bits per heavy atom. The Kier molecular flexibility index (Phi) is 6.22. The average molecular weight is 278 g/mol. The van der Waals surface area contributed by atoms with E-state index in [1.807, 2.05) is 6.92 Å². The molecule has 0 bridgehead atoms. The van der Waals surface area contributed by atoms with Gasteiger partial charge in [-0.15, -0.1) is 0 Å². The molecule has 20 heavy (non-hydrogen) atoms. The van der Waals surface area contributed by atoms with Crippen LogP contribution in [0.1, 0.15) is 30.1 Å². The fraction of sp³-hybridized carbons (Fsp3) is 0.357. The fourth-order valence-electron chi connectivity index (χ4n) is 1.45. The summed E-state index contributed by atoms with van der Waals surface area (Å²) < 4.78 is 5.09. The molecule has 1 rings (SSSR count). The predicted octanol–water partition coefficient (Wildman–Crippen LogP) is 1.33. The molecule has 0 fully saturated rings. The van der Waals surface area contributed by atoms with E-state index >= 15 is 0 Å². The van der Waals surface area contributed by atoms with Crippen LogP contribution in [0, 0.1) is 0 Å². The molecule has 0 radical (unpaired) electrons. The van der Waals surface area contributed by atoms with Crippen LogP contribution in [0.15, 0.2) is 24.3 Å². The van der Waals surface area contributed by atoms with Crippen molar-refractivity contribution in [2.75, 3.05) is 19.0 Å². The fourth-order valence-corrected chi connectivity index (χ4v) is 1.45. The zero-order valence-corrected chi connectivity index (χ0v) is 11.6. The second-order valence-corrected chi connectivity index (χ2v) is 4.07. The van der Waals surface area contributed by atoms with Gasteiger partial charge in [0.15, 0.2) is 0 Å². The number of carbonyl (C=O) groups excluding carboxylic acids is 3. The first-order valence-electron chi connectivity index (χ1n) is 6.39. The summed E-state index contributed by atoms with van der Waals surface area (Å²) in [6.45, 7) is 2.32. The largest absolute Gasteiger partial charge is 0.462 e. The summed E-state index contributed by atoms with van der Waals surface area (Å²) in [6.07, 6.45) is 1.70. The minimum absolute atomic E-state index is 0.223. The minimum Gasteiger partial charge on any atom is -0.462 e. The van der Waals surface area contributed by atoms with E-state index in [-0.39, 0.29) is 11.3 Å². The third-order valence-electron chi connectivity index (χ3n) is 2.56. The van der Waals surface area contributed by atoms with Gasteiger partial charge >= 0.3 is 17.8 Å². The summed E-state index contributed by atoms with van der Waals surface area (Å²) in [5.74, 6) is -2.13. The Morgan fingerprint density at radius 1 is 1.15 bits per heavy atom. The highest BCUT2D eigenvalue weighted by Crippen LogP contribution is 2.16. The van der Waals surface area contributed by atoms with Crippen molar-refractivity contribution in [2.24, 2.45) is 0 Å². The smallest absolute Gasteiger partial charge is 0.340 e. The lowest BCUT2D eigenvalue weighted by Gasteiger charge is -2.10. The van der Waals surface area contributed by atoms with Crippen LogP contribution in [0.5, 0.6) is 0 Å². The third-order valence-corrected chi connectivity index (χ3v) is 2.56. The maximum atomic E-state index is 11.9. The van der Waals surface area contributed by atoms with E-state index in [4.69, 9.17) is 4.74 Å². The van der Waals surface area contributed by atoms with Crippen LogP contribution < -0.4 is 10.6 Å². The first-order chi connectivity index (χ1) is 9.60. The SMILES string of the molecule is CCCCOC(=O)c1ccccc1NC(=O)C(=O)NC. The van der Waals surface area contributed by atoms with Gasteiger partial charge in [-0.3, -0.25) is 9.59 Å². The number of anilines is 1. The van der Waals surface area contributed by atoms with Crippen molar-refractivity contribution in [2.45, 2.75) is 19.8 Å². The van der Waals surface area contributed by atoms with E-state index in [2.05, 4.69) is 10.6 Å². The normalized spacial score (nSPS) is 9.70. The standard InChI is InChI=1S/C14H18N2O4/c1-3-4-9-20-14(19)10-7-5-6-8-11(10)16-13(18)12(17)15-2/h5-8H,3-4,9H2,1-2H3,(H,15,17)(H,16,18). The van der Waals surface area contributed by atoms with E-state index in [1.54, 1.807) is 12.1 Å². The topological polar surface area (TPSA) is 84.5 Å². The molecule has 0 heterocycles. The van der Waals surface area contributed by atoms with Gasteiger partial charge in [-0.25, -0.2) is 4.79 Å². The molecular weight excluding hydrogens is 260 g/mol. The molecule has 108 valence electrons. The second-order valence-electron chi connectivity index (χ2n) is 4.07. The van der Waals surface area contributed by atoms with Crippen molar-refractivity contribution in [1.82, 2.24) is 5.32 Å². The molecule has 0 atom stereocenters. The van der Waals surface area contributed by atoms with Crippen LogP contribution in [0.3, 0.4) is 0 Å². The van der Waals surface area contributed by atoms with Crippen molar-refractivity contribution in [3.8, 4) is 0 Å². The van der Waals surface area contributed by atoms with Gasteiger partial charge in [-0.2, -0.15) is 0 Å². The summed E-state index contributed by atoms with van der Waals surface area (Å²) in [5.41, 5.74) is 0.475. The lowest BCUT2D eigenvalue weighted by atomic mass is 10.2. The lowest BCUT2D eigenvalue weighted by Crippen LogP contribution is -2.33. The summed E-state index contributed by atoms with van der Waals surface area (Å²) in [5, 5.41) is 4.59. The monoisotopic (exact) mass is 278 g/mol. The predicted molar refractivity (Wildman–Crippen MR) is 74.3 cm³/mol. The van der Waals surface area contributed by atoms with E-state index < -0.39 is 17.8 Å². The molecule has 0 saturated heterocycles. The summed E-state index contributed by atoms with van der Waals surface area (Å²) in [6, 6.07) is 6.39. The molecule has 0 aliphatic rings. The van der Waals surface area contributed by atoms with Crippen molar-refractivity contribution in [3.05, 3.63) is 29.8 Å². The number of carbonyl (C=O) groups is 3. The molecule has 0 aliphatic heterocycles. The highest BCUT2D eigenvalue weighted by Gasteiger charge is 2.17. The van der Waals surface area contributed by atoms with E-state index in [9.17, 15) is 14.4 Å². The average Bonchev–Trinajstić information content (AvgIpc) is 2.47. The molecule has 0 aromatic heterocycles. The number of amides is 2. The number of unbranched alkanes of at least 4 members (excludes halogenated alkanes) is 1. The second kappa shape index (κ2) is 7.93. The number of rotatable bonds is 5. The quantitative estimate of drug-likeness (QED) is 0.483. The molecule has 6 nitrogen and oxygen atoms in total. The minimum atomic E-state index is -0.832. The Hall–Kier alpha value is -2.37. The van der Waals surface area contributed by atoms with Crippen LogP contribution >= 0.6 is 0 Å². The number of esters is 1. The summed E-state index contributed by atoms with van der Waals surface area (Å²) >= 11 is 0. The molecule has 2 amide bonds. The molecule has 0 unspecified atom stereocenters. The number of nitrogens with one attached hydrogen (secondary N) is 2. The van der Waals surface area contributed by atoms with Crippen LogP contribution in [-0.4, -0.2) is 31.4 Å². The van der Waals surface area contributed by atoms with E-state index in [0.717, 1.165) is 12.8 Å². The Morgan fingerprint density at radius 2 is 1.85 bits per heavy atom. The maximum Gasteiger partial charge on any atom is 0.340 e. The van der Waals surface area contributed by atoms with E-state index in [0.29, 0.717) is 6.61 Å². The van der Waals surface area contributed by atoms with Gasteiger partial charge in [0, 0.05) is 7.05 Å². The number of hydrogen-bond acceptors (Lipinski definition) is 4. The Bertz CT molecular complexity index is 500. The van der Waals surface area contributed by atoms with Crippen molar-refractivity contribution in [1.29, 1.82) is 0 Å². The van der Waals surface area contributed by atoms with Crippen LogP contribution in [0.25, 0.3) is 0 Å². The highest BCUT2D eigenvalue weighted by molar-refractivity contribution is 6.39. The molecule has 6 heteroatoms. The van der Waals surface area contributed by atoms with Crippen LogP contribution in [0.2, 0.25) is 0 Å². The first-order valence-corrected chi connectivity index (χ1v) is 6.39. The van der Waals surface area contributed by atoms with Gasteiger partial charge in [-0.1, -0.05) is 25.5 Å². The van der Waals surface area contributed by atoms with Gasteiger partial charge in [0.05, 0.1) is 17.9 Å². The number of benzene rings is 1. The van der Waals surface area contributed by atoms with Crippen molar-refractivity contribution in [3.63, 3.8) is 0 Å². The molecule has 0 aliphatic carbocycles. The molecular formula is C14H18N2O4. The van der Waals surface area contributed by atoms with Crippen LogP contribution in [0.4, 0.5) is 5.69 Å². The van der Waals surface area contributed by atoms with Gasteiger partial charge in [0.1, 0.15) is 0 Å². The Labute approximate surface area is 117 Å². The zero-order chi connectivity index (χ0) is 15.0. The maximum absolute atomic E-state index is 11.9. The van der Waals surface area contributed by atoms with E-state index in [1.165, 1.54) is 19.2 Å².